The Morgan fingerprint density at radius 2 is 1.68 bits per heavy atom. The Hall–Kier alpha value is 0.157. The number of hydrogen-bond acceptors (Lipinski definition) is 3. The fraction of sp³-hybridized carbons (Fsp3) is 0.750. The van der Waals surface area contributed by atoms with E-state index in [-0.39, 0.29) is 5.41 Å². The summed E-state index contributed by atoms with van der Waals surface area (Å²) in [5, 5.41) is 0. The van der Waals surface area contributed by atoms with Crippen LogP contribution >= 0.6 is 23.2 Å². The molecule has 6 heteroatoms. The van der Waals surface area contributed by atoms with Gasteiger partial charge in [-0.1, -0.05) is 18.2 Å². The maximum atomic E-state index is 6.27. The molecule has 0 saturated heterocycles. The van der Waals surface area contributed by atoms with E-state index < -0.39 is 8.80 Å². The van der Waals surface area contributed by atoms with Crippen LogP contribution in [0.15, 0.2) is 23.8 Å². The van der Waals surface area contributed by atoms with Gasteiger partial charge in [-0.05, 0) is 39.2 Å². The van der Waals surface area contributed by atoms with Crippen molar-refractivity contribution < 1.29 is 13.3 Å². The van der Waals surface area contributed by atoms with Crippen LogP contribution in [0.2, 0.25) is 6.04 Å². The van der Waals surface area contributed by atoms with Gasteiger partial charge in [0.1, 0.15) is 0 Å². The van der Waals surface area contributed by atoms with Gasteiger partial charge in [-0.2, -0.15) is 0 Å². The number of allylic oxidation sites excluding steroid dienone is 4. The standard InChI is InChI=1S/C16H28Cl2O3Si/c1-4-19-22(20-5-2,21-6-3)12-11-16(14-18)9-7-15(13-17)8-10-16/h7-9H,4-6,10-14H2,1-3H3. The van der Waals surface area contributed by atoms with Gasteiger partial charge in [0.2, 0.25) is 0 Å². The van der Waals surface area contributed by atoms with Crippen LogP contribution in [-0.2, 0) is 13.3 Å². The highest BCUT2D eigenvalue weighted by molar-refractivity contribution is 6.60. The Kier molecular flexibility index (Phi) is 9.29. The number of hydrogen-bond donors (Lipinski definition) is 0. The second-order valence-electron chi connectivity index (χ2n) is 5.43. The highest BCUT2D eigenvalue weighted by atomic mass is 35.5. The summed E-state index contributed by atoms with van der Waals surface area (Å²) in [5.41, 5.74) is 1.10. The monoisotopic (exact) mass is 366 g/mol. The Balaban J connectivity index is 2.77. The van der Waals surface area contributed by atoms with E-state index in [1.54, 1.807) is 0 Å². The SMILES string of the molecule is CCO[Si](CCC1(CCl)C=CC(CCl)=CC1)(OCC)OCC. The van der Waals surface area contributed by atoms with E-state index in [1.165, 1.54) is 0 Å². The van der Waals surface area contributed by atoms with Gasteiger partial charge < -0.3 is 13.3 Å². The van der Waals surface area contributed by atoms with E-state index in [9.17, 15) is 0 Å². The molecule has 128 valence electrons. The average Bonchev–Trinajstić information content (AvgIpc) is 2.54. The van der Waals surface area contributed by atoms with Crippen molar-refractivity contribution in [2.45, 2.75) is 39.7 Å². The Morgan fingerprint density at radius 3 is 2.05 bits per heavy atom. The number of alkyl halides is 2. The molecule has 0 heterocycles. The lowest BCUT2D eigenvalue weighted by Crippen LogP contribution is -2.47. The van der Waals surface area contributed by atoms with E-state index in [0.29, 0.717) is 31.6 Å². The molecule has 22 heavy (non-hydrogen) atoms. The molecule has 0 aromatic carbocycles. The van der Waals surface area contributed by atoms with Crippen LogP contribution in [0.5, 0.6) is 0 Å². The summed E-state index contributed by atoms with van der Waals surface area (Å²) in [7, 11) is -2.61. The number of halogens is 2. The first kappa shape index (κ1) is 20.2. The van der Waals surface area contributed by atoms with E-state index in [4.69, 9.17) is 36.5 Å². The van der Waals surface area contributed by atoms with Crippen molar-refractivity contribution in [3.8, 4) is 0 Å². The molecule has 0 spiro atoms. The predicted octanol–water partition coefficient (Wildman–Crippen LogP) is 4.78. The zero-order valence-electron chi connectivity index (χ0n) is 13.9. The molecule has 0 N–H and O–H groups in total. The van der Waals surface area contributed by atoms with E-state index in [0.717, 1.165) is 24.5 Å². The molecule has 3 nitrogen and oxygen atoms in total. The Morgan fingerprint density at radius 1 is 1.09 bits per heavy atom. The van der Waals surface area contributed by atoms with E-state index in [2.05, 4.69) is 18.2 Å². The predicted molar refractivity (Wildman–Crippen MR) is 95.8 cm³/mol. The van der Waals surface area contributed by atoms with Gasteiger partial charge in [0, 0.05) is 43.0 Å². The zero-order valence-corrected chi connectivity index (χ0v) is 16.4. The van der Waals surface area contributed by atoms with Crippen LogP contribution in [-0.4, -0.2) is 40.4 Å². The smallest absolute Gasteiger partial charge is 0.374 e. The normalized spacial score (nSPS) is 22.0. The first-order chi connectivity index (χ1) is 10.6. The van der Waals surface area contributed by atoms with Crippen molar-refractivity contribution in [1.82, 2.24) is 0 Å². The van der Waals surface area contributed by atoms with Crippen LogP contribution in [0, 0.1) is 5.41 Å². The molecular formula is C16H28Cl2O3Si. The lowest BCUT2D eigenvalue weighted by atomic mass is 9.80. The van der Waals surface area contributed by atoms with Gasteiger partial charge >= 0.3 is 8.80 Å². The zero-order chi connectivity index (χ0) is 16.5. The molecule has 0 bridgehead atoms. The van der Waals surface area contributed by atoms with Crippen LogP contribution in [0.25, 0.3) is 0 Å². The summed E-state index contributed by atoms with van der Waals surface area (Å²) in [6.07, 6.45) is 8.26. The minimum Gasteiger partial charge on any atom is -0.374 e. The van der Waals surface area contributed by atoms with Gasteiger partial charge in [-0.15, -0.1) is 23.2 Å². The molecule has 0 aromatic rings. The molecule has 1 atom stereocenters. The molecule has 1 unspecified atom stereocenters. The molecule has 0 aliphatic heterocycles. The van der Waals surface area contributed by atoms with Gasteiger partial charge in [-0.25, -0.2) is 0 Å². The van der Waals surface area contributed by atoms with Crippen LogP contribution in [0.1, 0.15) is 33.6 Å². The van der Waals surface area contributed by atoms with Crippen molar-refractivity contribution >= 4 is 32.0 Å². The molecule has 1 aliphatic rings. The van der Waals surface area contributed by atoms with Gasteiger partial charge in [0.15, 0.2) is 0 Å². The maximum absolute atomic E-state index is 6.27. The van der Waals surface area contributed by atoms with Crippen LogP contribution < -0.4 is 0 Å². The third kappa shape index (κ3) is 5.66. The van der Waals surface area contributed by atoms with Gasteiger partial charge in [-0.3, -0.25) is 0 Å². The molecule has 1 rings (SSSR count). The first-order valence-corrected chi connectivity index (χ1v) is 11.0. The molecule has 0 amide bonds. The Bertz CT molecular complexity index is 371. The average molecular weight is 367 g/mol. The topological polar surface area (TPSA) is 27.7 Å². The fourth-order valence-corrected chi connectivity index (χ4v) is 5.94. The second kappa shape index (κ2) is 10.1. The molecular weight excluding hydrogens is 339 g/mol. The highest BCUT2D eigenvalue weighted by Crippen LogP contribution is 2.38. The highest BCUT2D eigenvalue weighted by Gasteiger charge is 2.42. The van der Waals surface area contributed by atoms with Crippen molar-refractivity contribution in [2.75, 3.05) is 31.6 Å². The van der Waals surface area contributed by atoms with Crippen LogP contribution in [0.3, 0.4) is 0 Å². The van der Waals surface area contributed by atoms with Crippen molar-refractivity contribution in [3.63, 3.8) is 0 Å². The largest absolute Gasteiger partial charge is 0.500 e. The first-order valence-electron chi connectivity index (χ1n) is 8.01. The number of rotatable bonds is 11. The molecule has 0 aromatic heterocycles. The maximum Gasteiger partial charge on any atom is 0.500 e. The summed E-state index contributed by atoms with van der Waals surface area (Å²) < 4.78 is 17.8. The summed E-state index contributed by atoms with van der Waals surface area (Å²) in [4.78, 5) is 0. The third-order valence-corrected chi connectivity index (χ3v) is 7.75. The summed E-state index contributed by atoms with van der Waals surface area (Å²) in [6, 6.07) is 0.781. The van der Waals surface area contributed by atoms with E-state index >= 15 is 0 Å². The summed E-state index contributed by atoms with van der Waals surface area (Å²) in [6.45, 7) is 7.75. The molecule has 0 fully saturated rings. The lowest BCUT2D eigenvalue weighted by Gasteiger charge is -2.34. The fourth-order valence-electron chi connectivity index (χ4n) is 2.61. The minimum atomic E-state index is -2.61. The van der Waals surface area contributed by atoms with Crippen molar-refractivity contribution in [1.29, 1.82) is 0 Å². The quantitative estimate of drug-likeness (QED) is 0.389. The second-order valence-corrected chi connectivity index (χ2v) is 8.69. The van der Waals surface area contributed by atoms with Gasteiger partial charge in [0.25, 0.3) is 0 Å². The summed E-state index contributed by atoms with van der Waals surface area (Å²) in [5.74, 6) is 1.12. The Labute approximate surface area is 146 Å². The van der Waals surface area contributed by atoms with Crippen molar-refractivity contribution in [2.24, 2.45) is 5.41 Å². The minimum absolute atomic E-state index is 0.0549. The van der Waals surface area contributed by atoms with Crippen LogP contribution in [0.4, 0.5) is 0 Å². The van der Waals surface area contributed by atoms with Gasteiger partial charge in [0.05, 0.1) is 0 Å². The van der Waals surface area contributed by atoms with Crippen molar-refractivity contribution in [3.05, 3.63) is 23.8 Å². The molecule has 0 saturated carbocycles. The molecule has 0 radical (unpaired) electrons. The summed E-state index contributed by atoms with van der Waals surface area (Å²) >= 11 is 12.2. The van der Waals surface area contributed by atoms with E-state index in [1.807, 2.05) is 20.8 Å². The third-order valence-electron chi connectivity index (χ3n) is 3.86. The lowest BCUT2D eigenvalue weighted by molar-refractivity contribution is 0.0686. The molecule has 1 aliphatic carbocycles.